The zero-order valence-corrected chi connectivity index (χ0v) is 6.27. The van der Waals surface area contributed by atoms with Crippen molar-refractivity contribution < 1.29 is 0 Å². The maximum atomic E-state index is 7.14. The molecule has 0 aromatic heterocycles. The van der Waals surface area contributed by atoms with E-state index in [0.717, 1.165) is 5.92 Å². The Balaban J connectivity index is 2.23. The van der Waals surface area contributed by atoms with Crippen LogP contribution in [-0.2, 0) is 0 Å². The van der Waals surface area contributed by atoms with Crippen molar-refractivity contribution in [3.8, 4) is 0 Å². The van der Waals surface area contributed by atoms with E-state index in [0.29, 0.717) is 0 Å². The Morgan fingerprint density at radius 2 is 1.80 bits per heavy atom. The normalized spacial score (nSPS) is 45.4. The highest BCUT2D eigenvalue weighted by atomic mass is 15.1. The van der Waals surface area contributed by atoms with Crippen molar-refractivity contribution >= 4 is 0 Å². The quantitative estimate of drug-likeness (QED) is 0.541. The molecule has 0 atom stereocenters. The van der Waals surface area contributed by atoms with E-state index in [-0.39, 0.29) is 5.54 Å². The molecule has 0 aliphatic heterocycles. The van der Waals surface area contributed by atoms with Gasteiger partial charge in [0.2, 0.25) is 0 Å². The molecule has 2 nitrogen and oxygen atoms in total. The minimum atomic E-state index is 0.139. The molecule has 0 saturated heterocycles. The lowest BCUT2D eigenvalue weighted by molar-refractivity contribution is 0.350. The molecule has 0 heterocycles. The molecule has 2 rings (SSSR count). The van der Waals surface area contributed by atoms with E-state index in [1.165, 1.54) is 38.5 Å². The van der Waals surface area contributed by atoms with E-state index in [1.54, 1.807) is 0 Å². The van der Waals surface area contributed by atoms with Crippen LogP contribution in [0.1, 0.15) is 38.5 Å². The maximum absolute atomic E-state index is 7.14. The van der Waals surface area contributed by atoms with E-state index in [9.17, 15) is 0 Å². The van der Waals surface area contributed by atoms with Crippen LogP contribution in [0.4, 0.5) is 0 Å². The summed E-state index contributed by atoms with van der Waals surface area (Å²) < 4.78 is 0. The number of fused-ring (bicyclic) bond motifs is 1. The van der Waals surface area contributed by atoms with Gasteiger partial charge in [0.05, 0.1) is 5.54 Å². The Kier molecular flexibility index (Phi) is 1.29. The molecule has 2 aliphatic rings. The number of nitrogens with one attached hydrogen (secondary N) is 1. The van der Waals surface area contributed by atoms with Crippen LogP contribution in [-0.4, -0.2) is 5.54 Å². The monoisotopic (exact) mass is 138 g/mol. The molecule has 0 bridgehead atoms. The highest BCUT2D eigenvalue weighted by molar-refractivity contribution is 5.01. The fourth-order valence-electron chi connectivity index (χ4n) is 2.73. The summed E-state index contributed by atoms with van der Waals surface area (Å²) in [4.78, 5) is 0. The molecule has 2 fully saturated rings. The van der Waals surface area contributed by atoms with Gasteiger partial charge < -0.3 is 0 Å². The summed E-state index contributed by atoms with van der Waals surface area (Å²) in [6, 6.07) is 0. The molecule has 2 heteroatoms. The summed E-state index contributed by atoms with van der Waals surface area (Å²) in [7, 11) is 0. The molecule has 10 heavy (non-hydrogen) atoms. The summed E-state index contributed by atoms with van der Waals surface area (Å²) >= 11 is 0. The van der Waals surface area contributed by atoms with Crippen molar-refractivity contribution in [3.05, 3.63) is 0 Å². The van der Waals surface area contributed by atoms with Crippen molar-refractivity contribution in [3.63, 3.8) is 0 Å². The van der Waals surface area contributed by atoms with Crippen molar-refractivity contribution in [2.45, 2.75) is 44.1 Å². The smallest absolute Gasteiger partial charge is 0.0841 e. The highest BCUT2D eigenvalue weighted by Crippen LogP contribution is 2.49. The van der Waals surface area contributed by atoms with E-state index >= 15 is 0 Å². The minimum Gasteiger partial charge on any atom is -0.209 e. The fourth-order valence-corrected chi connectivity index (χ4v) is 2.73. The Bertz CT molecular complexity index is 143. The van der Waals surface area contributed by atoms with Crippen LogP contribution >= 0.6 is 0 Å². The number of hydrogen-bond acceptors (Lipinski definition) is 2. The number of rotatable bonds is 1. The third-order valence-corrected chi connectivity index (χ3v) is 3.31. The van der Waals surface area contributed by atoms with Crippen LogP contribution < -0.4 is 0 Å². The first-order chi connectivity index (χ1) is 4.87. The first-order valence-corrected chi connectivity index (χ1v) is 4.26. The molecule has 0 unspecified atom stereocenters. The summed E-state index contributed by atoms with van der Waals surface area (Å²) in [6.07, 6.45) is 7.69. The van der Waals surface area contributed by atoms with Gasteiger partial charge in [-0.05, 0) is 31.6 Å². The minimum absolute atomic E-state index is 0.139. The first-order valence-electron chi connectivity index (χ1n) is 4.26. The number of hydrogen-bond donors (Lipinski definition) is 1. The summed E-state index contributed by atoms with van der Waals surface area (Å²) in [6.45, 7) is 0. The van der Waals surface area contributed by atoms with Gasteiger partial charge in [-0.1, -0.05) is 12.8 Å². The van der Waals surface area contributed by atoms with Gasteiger partial charge in [-0.3, -0.25) is 0 Å². The van der Waals surface area contributed by atoms with E-state index in [2.05, 4.69) is 5.11 Å². The molecule has 0 radical (unpaired) electrons. The molecule has 0 spiro atoms. The van der Waals surface area contributed by atoms with E-state index in [4.69, 9.17) is 5.53 Å². The third-order valence-electron chi connectivity index (χ3n) is 3.31. The molecule has 0 amide bonds. The molecule has 0 aromatic rings. The van der Waals surface area contributed by atoms with Crippen molar-refractivity contribution in [2.75, 3.05) is 0 Å². The second kappa shape index (κ2) is 2.04. The summed E-state index contributed by atoms with van der Waals surface area (Å²) in [5.74, 6) is 0.782. The van der Waals surface area contributed by atoms with Gasteiger partial charge in [0.25, 0.3) is 0 Å². The molecule has 1 N–H and O–H groups in total. The topological polar surface area (TPSA) is 36.2 Å². The van der Waals surface area contributed by atoms with Crippen molar-refractivity contribution in [2.24, 2.45) is 11.0 Å². The largest absolute Gasteiger partial charge is 0.209 e. The second-order valence-corrected chi connectivity index (χ2v) is 3.70. The predicted molar refractivity (Wildman–Crippen MR) is 39.1 cm³/mol. The highest BCUT2D eigenvalue weighted by Gasteiger charge is 2.46. The SMILES string of the molecule is N=NC12CCCC1CCC2. The van der Waals surface area contributed by atoms with Gasteiger partial charge in [-0.15, -0.1) is 0 Å². The number of nitrogens with zero attached hydrogens (tertiary/aromatic N) is 1. The van der Waals surface area contributed by atoms with Crippen LogP contribution in [0.5, 0.6) is 0 Å². The van der Waals surface area contributed by atoms with E-state index < -0.39 is 0 Å². The van der Waals surface area contributed by atoms with Crippen LogP contribution in [0.25, 0.3) is 0 Å². The Morgan fingerprint density at radius 1 is 1.20 bits per heavy atom. The molecular weight excluding hydrogens is 124 g/mol. The lowest BCUT2D eigenvalue weighted by Gasteiger charge is -2.21. The zero-order valence-electron chi connectivity index (χ0n) is 6.27. The Hall–Kier alpha value is -0.400. The van der Waals surface area contributed by atoms with Gasteiger partial charge >= 0.3 is 0 Å². The van der Waals surface area contributed by atoms with Crippen LogP contribution in [0.15, 0.2) is 5.11 Å². The van der Waals surface area contributed by atoms with Crippen LogP contribution in [0, 0.1) is 11.4 Å². The summed E-state index contributed by atoms with van der Waals surface area (Å²) in [5.41, 5.74) is 7.28. The molecule has 0 aromatic carbocycles. The van der Waals surface area contributed by atoms with E-state index in [1.807, 2.05) is 0 Å². The first kappa shape index (κ1) is 6.32. The fraction of sp³-hybridized carbons (Fsp3) is 1.00. The van der Waals surface area contributed by atoms with Gasteiger partial charge in [0.15, 0.2) is 0 Å². The van der Waals surface area contributed by atoms with Crippen molar-refractivity contribution in [1.29, 1.82) is 5.53 Å². The molecule has 2 aliphatic carbocycles. The molecule has 2 saturated carbocycles. The Labute approximate surface area is 61.5 Å². The van der Waals surface area contributed by atoms with Gasteiger partial charge in [0.1, 0.15) is 0 Å². The average Bonchev–Trinajstić information content (AvgIpc) is 2.42. The average molecular weight is 138 g/mol. The van der Waals surface area contributed by atoms with Crippen molar-refractivity contribution in [1.82, 2.24) is 0 Å². The zero-order chi connectivity index (χ0) is 7.03. The lowest BCUT2D eigenvalue weighted by atomic mass is 9.92. The third kappa shape index (κ3) is 0.648. The maximum Gasteiger partial charge on any atom is 0.0841 e. The predicted octanol–water partition coefficient (Wildman–Crippen LogP) is 2.74. The molecular formula is C8H14N2. The standard InChI is InChI=1S/C8H14N2/c9-10-8-5-1-3-7(8)4-2-6-8/h7,9H,1-6H2. The van der Waals surface area contributed by atoms with Gasteiger partial charge in [0, 0.05) is 0 Å². The van der Waals surface area contributed by atoms with Crippen LogP contribution in [0.3, 0.4) is 0 Å². The summed E-state index contributed by atoms with van der Waals surface area (Å²) in [5, 5.41) is 3.83. The molecule has 56 valence electrons. The van der Waals surface area contributed by atoms with Gasteiger partial charge in [-0.2, -0.15) is 5.11 Å². The Morgan fingerprint density at radius 3 is 2.20 bits per heavy atom. The lowest BCUT2D eigenvalue weighted by Crippen LogP contribution is -2.24. The van der Waals surface area contributed by atoms with Crippen LogP contribution in [0.2, 0.25) is 0 Å². The van der Waals surface area contributed by atoms with Gasteiger partial charge in [-0.25, -0.2) is 5.53 Å². The second-order valence-electron chi connectivity index (χ2n) is 3.70.